The van der Waals surface area contributed by atoms with Gasteiger partial charge in [-0.3, -0.25) is 19.2 Å². The highest BCUT2D eigenvalue weighted by atomic mass is 16.5. The van der Waals surface area contributed by atoms with Gasteiger partial charge in [-0.25, -0.2) is 0 Å². The Morgan fingerprint density at radius 2 is 1.68 bits per heavy atom. The lowest BCUT2D eigenvalue weighted by atomic mass is 9.33. The van der Waals surface area contributed by atoms with E-state index in [1.54, 1.807) is 0 Å². The van der Waals surface area contributed by atoms with Gasteiger partial charge in [-0.05, 0) is 90.9 Å². The molecule has 6 nitrogen and oxygen atoms in total. The predicted octanol–water partition coefficient (Wildman–Crippen LogP) is 5.83. The number of nitrogens with one attached hydrogen (secondary N) is 1. The molecule has 0 saturated heterocycles. The summed E-state index contributed by atoms with van der Waals surface area (Å²) in [5.74, 6) is 2.38. The number of Topliss-reactive ketones (excluding diaryl/α,β-unsaturated/α-hetero) is 1. The van der Waals surface area contributed by atoms with Gasteiger partial charge in [-0.1, -0.05) is 60.0 Å². The minimum absolute atomic E-state index is 0.0285. The van der Waals surface area contributed by atoms with E-state index in [1.165, 1.54) is 5.57 Å². The molecular weight excluding hydrogens is 514 g/mol. The first-order chi connectivity index (χ1) is 19.0. The highest BCUT2D eigenvalue weighted by Crippen LogP contribution is 2.74. The molecule has 41 heavy (non-hydrogen) atoms. The highest BCUT2D eigenvalue weighted by molar-refractivity contribution is 5.96. The fraction of sp³-hybridized carbons (Fsp3) is 0.771. The number of hydrogen-bond donors (Lipinski definition) is 1. The van der Waals surface area contributed by atoms with Crippen LogP contribution in [-0.2, 0) is 23.9 Å². The lowest BCUT2D eigenvalue weighted by Gasteiger charge is -2.70. The van der Waals surface area contributed by atoms with Gasteiger partial charge in [0, 0.05) is 23.2 Å². The number of terminal acetylenes is 1. The summed E-state index contributed by atoms with van der Waals surface area (Å²) in [6, 6.07) is 0. The average molecular weight is 564 g/mol. The van der Waals surface area contributed by atoms with Crippen molar-refractivity contribution >= 4 is 23.4 Å². The molecule has 0 aliphatic heterocycles. The lowest BCUT2D eigenvalue weighted by molar-refractivity contribution is -0.187. The summed E-state index contributed by atoms with van der Waals surface area (Å²) in [6.07, 6.45) is 14.8. The number of fused-ring (bicyclic) bond motifs is 7. The second-order valence-corrected chi connectivity index (χ2v) is 15.9. The van der Waals surface area contributed by atoms with Gasteiger partial charge in [-0.15, -0.1) is 6.42 Å². The zero-order valence-corrected chi connectivity index (χ0v) is 26.2. The lowest BCUT2D eigenvalue weighted by Crippen LogP contribution is -2.66. The number of rotatable bonds is 4. The largest absolute Gasteiger partial charge is 0.451 e. The van der Waals surface area contributed by atoms with Gasteiger partial charge in [0.25, 0.3) is 0 Å². The van der Waals surface area contributed by atoms with Crippen molar-refractivity contribution in [3.63, 3.8) is 0 Å². The molecule has 0 heterocycles. The first kappa shape index (κ1) is 30.1. The van der Waals surface area contributed by atoms with Crippen LogP contribution in [0.1, 0.15) is 106 Å². The summed E-state index contributed by atoms with van der Waals surface area (Å²) in [4.78, 5) is 52.9. The van der Waals surface area contributed by atoms with Crippen molar-refractivity contribution in [1.29, 1.82) is 0 Å². The third kappa shape index (κ3) is 4.19. The monoisotopic (exact) mass is 563 g/mol. The Bertz CT molecular complexity index is 1260. The van der Waals surface area contributed by atoms with E-state index in [9.17, 15) is 19.2 Å². The van der Waals surface area contributed by atoms with E-state index in [-0.39, 0.29) is 64.3 Å². The second kappa shape index (κ2) is 9.55. The summed E-state index contributed by atoms with van der Waals surface area (Å²) in [5.41, 5.74) is -0.333. The number of amides is 1. The maximum Gasteiger partial charge on any atom is 0.326 e. The molecule has 1 amide bonds. The molecule has 0 unspecified atom stereocenters. The molecule has 0 spiro atoms. The fourth-order valence-corrected chi connectivity index (χ4v) is 10.7. The normalized spacial score (nSPS) is 44.6. The number of hydrogen-bond acceptors (Lipinski definition) is 5. The number of esters is 1. The molecule has 5 aliphatic carbocycles. The van der Waals surface area contributed by atoms with Crippen LogP contribution in [0.3, 0.4) is 0 Å². The minimum Gasteiger partial charge on any atom is -0.451 e. The van der Waals surface area contributed by atoms with Crippen molar-refractivity contribution in [3.8, 4) is 12.3 Å². The van der Waals surface area contributed by atoms with E-state index < -0.39 is 16.8 Å². The molecule has 1 N–H and O–H groups in total. The van der Waals surface area contributed by atoms with Crippen LogP contribution in [0.5, 0.6) is 0 Å². The molecule has 4 saturated carbocycles. The molecular formula is C35H49NO5. The average Bonchev–Trinajstić information content (AvgIpc) is 2.90. The Labute approximate surface area is 246 Å². The third-order valence-electron chi connectivity index (χ3n) is 13.6. The van der Waals surface area contributed by atoms with Crippen LogP contribution in [0, 0.1) is 62.6 Å². The van der Waals surface area contributed by atoms with Gasteiger partial charge in [0.15, 0.2) is 12.4 Å². The molecule has 5 aliphatic rings. The first-order valence-electron chi connectivity index (χ1n) is 15.7. The number of allylic oxidation sites excluding steroid dienone is 2. The molecule has 0 aromatic rings. The molecule has 0 aromatic heterocycles. The van der Waals surface area contributed by atoms with E-state index in [2.05, 4.69) is 52.8 Å². The van der Waals surface area contributed by atoms with Crippen molar-refractivity contribution in [3.05, 3.63) is 11.6 Å². The Kier molecular flexibility index (Phi) is 7.00. The van der Waals surface area contributed by atoms with Crippen LogP contribution in [0.25, 0.3) is 0 Å². The topological polar surface area (TPSA) is 89.5 Å². The highest BCUT2D eigenvalue weighted by Gasteiger charge is 2.70. The van der Waals surface area contributed by atoms with Crippen LogP contribution >= 0.6 is 0 Å². The quantitative estimate of drug-likeness (QED) is 0.343. The SMILES string of the molecule is C#CCOC(=O)CNC(=O)[C@@]1(C)CC[C@]2(C)CC[C@]3(C)C(=CC(=O)[C@@H]4[C@@]5(C)CCC(=O)C(C)(C)[C@@H]5CC[C@]43C)[C@@H]2C1. The van der Waals surface area contributed by atoms with Crippen molar-refractivity contribution in [2.24, 2.45) is 50.2 Å². The molecule has 0 bridgehead atoms. The van der Waals surface area contributed by atoms with Crippen LogP contribution in [-0.4, -0.2) is 36.6 Å². The second-order valence-electron chi connectivity index (χ2n) is 15.9. The van der Waals surface area contributed by atoms with Gasteiger partial charge in [-0.2, -0.15) is 0 Å². The smallest absolute Gasteiger partial charge is 0.326 e. The Morgan fingerprint density at radius 3 is 2.37 bits per heavy atom. The standard InChI is InChI=1S/C35H49NO5/c1-9-18-41-27(39)21-36-29(40)32(5)15-14-31(4)16-17-34(7)22(23(31)20-32)19-24(37)28-33(6)12-11-26(38)30(2,3)25(33)10-13-35(28,34)8/h1,19,23,25,28H,10-18,20-21H2,2-8H3,(H,36,40)/t23-,25-,28+,31+,32-,33-,34+,35+/m0/s1. The van der Waals surface area contributed by atoms with Crippen molar-refractivity contribution in [2.45, 2.75) is 106 Å². The van der Waals surface area contributed by atoms with E-state index >= 15 is 0 Å². The Hall–Kier alpha value is -2.42. The zero-order valence-electron chi connectivity index (χ0n) is 26.2. The zero-order chi connectivity index (χ0) is 30.2. The maximum atomic E-state index is 14.4. The van der Waals surface area contributed by atoms with E-state index in [0.717, 1.165) is 44.9 Å². The van der Waals surface area contributed by atoms with Gasteiger partial charge in [0.2, 0.25) is 5.91 Å². The van der Waals surface area contributed by atoms with Gasteiger partial charge in [0.05, 0.1) is 0 Å². The van der Waals surface area contributed by atoms with Crippen LogP contribution in [0.15, 0.2) is 11.6 Å². The van der Waals surface area contributed by atoms with E-state index in [0.29, 0.717) is 18.6 Å². The van der Waals surface area contributed by atoms with Gasteiger partial charge < -0.3 is 10.1 Å². The molecule has 4 fully saturated rings. The van der Waals surface area contributed by atoms with Crippen LogP contribution in [0.4, 0.5) is 0 Å². The predicted molar refractivity (Wildman–Crippen MR) is 157 cm³/mol. The molecule has 8 atom stereocenters. The summed E-state index contributed by atoms with van der Waals surface area (Å²) in [6.45, 7) is 15.3. The summed E-state index contributed by atoms with van der Waals surface area (Å²) in [5, 5.41) is 2.80. The molecule has 6 heteroatoms. The number of ether oxygens (including phenoxy) is 1. The maximum absolute atomic E-state index is 14.4. The van der Waals surface area contributed by atoms with Crippen molar-refractivity contribution < 1.29 is 23.9 Å². The van der Waals surface area contributed by atoms with Crippen molar-refractivity contribution in [2.75, 3.05) is 13.2 Å². The van der Waals surface area contributed by atoms with E-state index in [1.807, 2.05) is 13.0 Å². The first-order valence-corrected chi connectivity index (χ1v) is 15.7. The van der Waals surface area contributed by atoms with Crippen LogP contribution in [0.2, 0.25) is 0 Å². The number of carbonyl (C=O) groups excluding carboxylic acids is 4. The molecule has 224 valence electrons. The number of carbonyl (C=O) groups is 4. The Morgan fingerprint density at radius 1 is 1.00 bits per heavy atom. The summed E-state index contributed by atoms with van der Waals surface area (Å²) < 4.78 is 4.93. The summed E-state index contributed by atoms with van der Waals surface area (Å²) >= 11 is 0. The van der Waals surface area contributed by atoms with E-state index in [4.69, 9.17) is 11.2 Å². The minimum atomic E-state index is -0.645. The molecule has 5 rings (SSSR count). The molecule has 0 radical (unpaired) electrons. The third-order valence-corrected chi connectivity index (χ3v) is 13.6. The van der Waals surface area contributed by atoms with Gasteiger partial charge in [0.1, 0.15) is 12.3 Å². The Balaban J connectivity index is 1.48. The van der Waals surface area contributed by atoms with Gasteiger partial charge >= 0.3 is 5.97 Å². The summed E-state index contributed by atoms with van der Waals surface area (Å²) in [7, 11) is 0. The fourth-order valence-electron chi connectivity index (χ4n) is 10.7. The molecule has 0 aromatic carbocycles. The van der Waals surface area contributed by atoms with Crippen LogP contribution < -0.4 is 5.32 Å². The number of ketones is 2. The van der Waals surface area contributed by atoms with Crippen molar-refractivity contribution in [1.82, 2.24) is 5.32 Å².